The molecule has 0 fully saturated rings. The van der Waals surface area contributed by atoms with Crippen molar-refractivity contribution in [2.45, 2.75) is 0 Å². The minimum absolute atomic E-state index is 0.203. The number of fused-ring (bicyclic) bond motifs is 2. The number of rotatable bonds is 2. The molecule has 1 aliphatic carbocycles. The Balaban J connectivity index is 2.38. The summed E-state index contributed by atoms with van der Waals surface area (Å²) in [6.07, 6.45) is 3.58. The molecule has 0 N–H and O–H groups in total. The zero-order chi connectivity index (χ0) is 19.7. The first-order chi connectivity index (χ1) is 13.7. The Kier molecular flexibility index (Phi) is 4.15. The molecular formula is C20H12N4O4. The van der Waals surface area contributed by atoms with Crippen molar-refractivity contribution in [2.75, 3.05) is 14.2 Å². The molecule has 1 aliphatic heterocycles. The molecule has 1 heterocycles. The minimum Gasteiger partial charge on any atom is -0.493 e. The molecule has 0 saturated heterocycles. The largest absolute Gasteiger partial charge is 0.493 e. The molecule has 8 nitrogen and oxygen atoms in total. The summed E-state index contributed by atoms with van der Waals surface area (Å²) < 4.78 is 22.7. The van der Waals surface area contributed by atoms with Crippen molar-refractivity contribution >= 4 is 21.9 Å². The maximum atomic E-state index is 9.17. The van der Waals surface area contributed by atoms with Gasteiger partial charge in [-0.25, -0.2) is 0 Å². The summed E-state index contributed by atoms with van der Waals surface area (Å²) in [6.45, 7) is 0. The van der Waals surface area contributed by atoms with Gasteiger partial charge in [0.2, 0.25) is 12.4 Å². The van der Waals surface area contributed by atoms with E-state index in [0.29, 0.717) is 44.2 Å². The fourth-order valence-corrected chi connectivity index (χ4v) is 3.09. The molecule has 2 aromatic rings. The molecule has 0 saturated carbocycles. The van der Waals surface area contributed by atoms with Crippen molar-refractivity contribution in [2.24, 2.45) is 9.98 Å². The van der Waals surface area contributed by atoms with Crippen LogP contribution in [0.2, 0.25) is 0 Å². The third-order valence-electron chi connectivity index (χ3n) is 4.27. The molecule has 136 valence electrons. The summed E-state index contributed by atoms with van der Waals surface area (Å²) in [5, 5.41) is 20.2. The highest BCUT2D eigenvalue weighted by atomic mass is 16.5. The van der Waals surface area contributed by atoms with Gasteiger partial charge in [-0.05, 0) is 0 Å². The number of hydrogen-bond acceptors (Lipinski definition) is 8. The Morgan fingerprint density at radius 3 is 1.57 bits per heavy atom. The zero-order valence-electron chi connectivity index (χ0n) is 14.9. The molecule has 8 heteroatoms. The standard InChI is InChI=1S/C20H12N4O4/c1-25-13-7-15-16(8-14(13)26-2)28-20-18(24-10-22)12-6-4-3-5-11(12)17(23-9-21)19(20)27-15/h3-8H,1-2H3. The van der Waals surface area contributed by atoms with Gasteiger partial charge in [0, 0.05) is 22.9 Å². The lowest BCUT2D eigenvalue weighted by atomic mass is 10.1. The van der Waals surface area contributed by atoms with E-state index >= 15 is 0 Å². The van der Waals surface area contributed by atoms with Crippen LogP contribution < -0.4 is 20.2 Å². The van der Waals surface area contributed by atoms with Gasteiger partial charge in [0.25, 0.3) is 0 Å². The van der Waals surface area contributed by atoms with Crippen LogP contribution in [0.3, 0.4) is 0 Å². The third kappa shape index (κ3) is 2.52. The molecule has 0 atom stereocenters. The summed E-state index contributed by atoms with van der Waals surface area (Å²) >= 11 is 0. The molecular weight excluding hydrogens is 360 g/mol. The van der Waals surface area contributed by atoms with Crippen LogP contribution in [-0.2, 0) is 0 Å². The fourth-order valence-electron chi connectivity index (χ4n) is 3.09. The number of nitrogens with zero attached hydrogens (tertiary/aromatic N) is 4. The van der Waals surface area contributed by atoms with Crippen molar-refractivity contribution in [3.8, 4) is 23.9 Å². The van der Waals surface area contributed by atoms with E-state index in [1.54, 1.807) is 48.8 Å². The highest BCUT2D eigenvalue weighted by Gasteiger charge is 2.14. The first-order valence-electron chi connectivity index (χ1n) is 8.11. The average molecular weight is 372 g/mol. The summed E-state index contributed by atoms with van der Waals surface area (Å²) in [5.74, 6) is 0.907. The zero-order valence-corrected chi connectivity index (χ0v) is 14.9. The van der Waals surface area contributed by atoms with Crippen LogP contribution >= 0.6 is 0 Å². The third-order valence-corrected chi connectivity index (χ3v) is 4.27. The second kappa shape index (κ2) is 6.78. The SMILES string of the molecule is COc1cc2oc3c(=NC#N)c4ccccc4c(=NC#N)c=3oc2cc1OC. The van der Waals surface area contributed by atoms with E-state index in [4.69, 9.17) is 18.3 Å². The van der Waals surface area contributed by atoms with Crippen molar-refractivity contribution in [1.29, 1.82) is 10.5 Å². The molecule has 0 amide bonds. The van der Waals surface area contributed by atoms with E-state index in [9.17, 15) is 10.5 Å². The molecule has 0 spiro atoms. The highest BCUT2D eigenvalue weighted by molar-refractivity contribution is 5.82. The van der Waals surface area contributed by atoms with E-state index in [1.807, 2.05) is 0 Å². The number of benzene rings is 2. The average Bonchev–Trinajstić information content (AvgIpc) is 2.73. The van der Waals surface area contributed by atoms with Gasteiger partial charge >= 0.3 is 0 Å². The van der Waals surface area contributed by atoms with E-state index < -0.39 is 0 Å². The Bertz CT molecular complexity index is 1400. The number of nitriles is 2. The maximum Gasteiger partial charge on any atom is 0.206 e. The number of ether oxygens (including phenoxy) is 2. The Morgan fingerprint density at radius 1 is 0.786 bits per heavy atom. The van der Waals surface area contributed by atoms with Crippen LogP contribution in [0, 0.1) is 33.7 Å². The van der Waals surface area contributed by atoms with Crippen molar-refractivity contribution < 1.29 is 18.3 Å². The van der Waals surface area contributed by atoms with Crippen molar-refractivity contribution in [1.82, 2.24) is 0 Å². The number of hydrogen-bond donors (Lipinski definition) is 0. The van der Waals surface area contributed by atoms with Gasteiger partial charge in [0.05, 0.1) is 14.2 Å². The van der Waals surface area contributed by atoms with E-state index in [-0.39, 0.29) is 10.8 Å². The molecule has 2 aromatic carbocycles. The van der Waals surface area contributed by atoms with Gasteiger partial charge in [-0.3, -0.25) is 0 Å². The first kappa shape index (κ1) is 17.1. The van der Waals surface area contributed by atoms with Gasteiger partial charge in [-0.1, -0.05) is 24.3 Å². The summed E-state index contributed by atoms with van der Waals surface area (Å²) in [4.78, 5) is 7.84. The fraction of sp³-hybridized carbons (Fsp3) is 0.100. The normalized spacial score (nSPS) is 12.3. The van der Waals surface area contributed by atoms with Crippen LogP contribution in [-0.4, -0.2) is 14.2 Å². The predicted octanol–water partition coefficient (Wildman–Crippen LogP) is 2.68. The lowest BCUT2D eigenvalue weighted by molar-refractivity contribution is 0.353. The second-order valence-corrected chi connectivity index (χ2v) is 5.68. The molecule has 0 bridgehead atoms. The van der Waals surface area contributed by atoms with Gasteiger partial charge in [-0.2, -0.15) is 20.5 Å². The van der Waals surface area contributed by atoms with Crippen LogP contribution in [0.5, 0.6) is 11.5 Å². The van der Waals surface area contributed by atoms with Gasteiger partial charge in [-0.15, -0.1) is 0 Å². The van der Waals surface area contributed by atoms with E-state index in [2.05, 4.69) is 9.98 Å². The monoisotopic (exact) mass is 372 g/mol. The molecule has 2 aliphatic rings. The van der Waals surface area contributed by atoms with Crippen LogP contribution in [0.4, 0.5) is 0 Å². The maximum absolute atomic E-state index is 9.17. The second-order valence-electron chi connectivity index (χ2n) is 5.68. The van der Waals surface area contributed by atoms with Crippen LogP contribution in [0.25, 0.3) is 21.9 Å². The lowest BCUT2D eigenvalue weighted by Gasteiger charge is -2.08. The summed E-state index contributed by atoms with van der Waals surface area (Å²) in [7, 11) is 3.02. The smallest absolute Gasteiger partial charge is 0.206 e. The van der Waals surface area contributed by atoms with Gasteiger partial charge in [0.15, 0.2) is 33.5 Å². The van der Waals surface area contributed by atoms with Crippen molar-refractivity contribution in [3.05, 3.63) is 57.9 Å². The van der Waals surface area contributed by atoms with Crippen LogP contribution in [0.15, 0.2) is 55.2 Å². The lowest BCUT2D eigenvalue weighted by Crippen LogP contribution is -2.17. The molecule has 0 unspecified atom stereocenters. The van der Waals surface area contributed by atoms with Crippen LogP contribution in [0.1, 0.15) is 0 Å². The van der Waals surface area contributed by atoms with Gasteiger partial charge < -0.3 is 18.3 Å². The quantitative estimate of drug-likeness (QED) is 0.499. The van der Waals surface area contributed by atoms with E-state index in [0.717, 1.165) is 0 Å². The predicted molar refractivity (Wildman–Crippen MR) is 96.7 cm³/mol. The van der Waals surface area contributed by atoms with Gasteiger partial charge in [0.1, 0.15) is 10.7 Å². The molecule has 0 aromatic heterocycles. The molecule has 4 rings (SSSR count). The Labute approximate surface area is 157 Å². The minimum atomic E-state index is 0.203. The van der Waals surface area contributed by atoms with Crippen molar-refractivity contribution in [3.63, 3.8) is 0 Å². The molecule has 0 radical (unpaired) electrons. The Hall–Kier alpha value is -4.30. The summed E-state index contributed by atoms with van der Waals surface area (Å²) in [6, 6.07) is 10.4. The summed E-state index contributed by atoms with van der Waals surface area (Å²) in [5.41, 5.74) is 1.12. The number of methoxy groups -OCH3 is 2. The van der Waals surface area contributed by atoms with E-state index in [1.165, 1.54) is 14.2 Å². The first-order valence-corrected chi connectivity index (χ1v) is 8.11. The molecule has 28 heavy (non-hydrogen) atoms. The highest BCUT2D eigenvalue weighted by Crippen LogP contribution is 2.32. The topological polar surface area (TPSA) is 117 Å². The Morgan fingerprint density at radius 2 is 1.21 bits per heavy atom.